The molecule has 1 rings (SSSR count). The molecule has 92 valence electrons. The summed E-state index contributed by atoms with van der Waals surface area (Å²) in [6.07, 6.45) is 4.08. The third kappa shape index (κ3) is 3.81. The van der Waals surface area contributed by atoms with Gasteiger partial charge in [0.2, 0.25) is 5.91 Å². The Kier molecular flexibility index (Phi) is 4.73. The van der Waals surface area contributed by atoms with Gasteiger partial charge in [0, 0.05) is 6.04 Å². The van der Waals surface area contributed by atoms with Crippen LogP contribution in [0.15, 0.2) is 0 Å². The predicted octanol–water partition coefficient (Wildman–Crippen LogP) is 0.483. The molecule has 0 aliphatic heterocycles. The molecule has 0 aromatic carbocycles. The van der Waals surface area contributed by atoms with Crippen LogP contribution in [0.5, 0.6) is 0 Å². The van der Waals surface area contributed by atoms with E-state index in [-0.39, 0.29) is 18.4 Å². The maximum atomic E-state index is 11.6. The topological polar surface area (TPSA) is 92.4 Å². The molecule has 5 nitrogen and oxygen atoms in total. The molecule has 1 aliphatic rings. The van der Waals surface area contributed by atoms with Crippen molar-refractivity contribution in [2.45, 2.75) is 51.1 Å². The highest BCUT2D eigenvalue weighted by Crippen LogP contribution is 2.23. The molecule has 0 heterocycles. The van der Waals surface area contributed by atoms with E-state index in [4.69, 9.17) is 10.8 Å². The quantitative estimate of drug-likeness (QED) is 0.652. The van der Waals surface area contributed by atoms with Gasteiger partial charge in [-0.3, -0.25) is 9.59 Å². The first-order valence-corrected chi connectivity index (χ1v) is 5.78. The number of aliphatic carboxylic acids is 1. The van der Waals surface area contributed by atoms with Gasteiger partial charge < -0.3 is 16.2 Å². The van der Waals surface area contributed by atoms with Crippen LogP contribution in [0.4, 0.5) is 0 Å². The molecule has 5 heteroatoms. The second-order valence-electron chi connectivity index (χ2n) is 4.58. The molecular formula is C11H20N2O3. The van der Waals surface area contributed by atoms with Crippen molar-refractivity contribution >= 4 is 11.9 Å². The Bertz CT molecular complexity index is 268. The lowest BCUT2D eigenvalue weighted by molar-refractivity contribution is -0.139. The minimum atomic E-state index is -1.04. The van der Waals surface area contributed by atoms with Crippen molar-refractivity contribution in [2.24, 2.45) is 11.7 Å². The molecule has 0 saturated heterocycles. The first-order valence-electron chi connectivity index (χ1n) is 5.78. The SMILES string of the molecule is CC1CCCCC1NC(=O)C(N)CC(=O)O. The van der Waals surface area contributed by atoms with Gasteiger partial charge in [-0.2, -0.15) is 0 Å². The maximum Gasteiger partial charge on any atom is 0.305 e. The predicted molar refractivity (Wildman–Crippen MR) is 59.8 cm³/mol. The van der Waals surface area contributed by atoms with Gasteiger partial charge in [0.25, 0.3) is 0 Å². The third-order valence-electron chi connectivity index (χ3n) is 3.17. The van der Waals surface area contributed by atoms with Crippen LogP contribution in [0.1, 0.15) is 39.0 Å². The number of rotatable bonds is 4. The van der Waals surface area contributed by atoms with Gasteiger partial charge in [-0.15, -0.1) is 0 Å². The molecule has 16 heavy (non-hydrogen) atoms. The molecule has 3 atom stereocenters. The van der Waals surface area contributed by atoms with Gasteiger partial charge in [0.1, 0.15) is 0 Å². The average Bonchev–Trinajstić information content (AvgIpc) is 2.20. The first kappa shape index (κ1) is 13.0. The van der Waals surface area contributed by atoms with Crippen LogP contribution in [0.25, 0.3) is 0 Å². The fourth-order valence-electron chi connectivity index (χ4n) is 2.10. The summed E-state index contributed by atoms with van der Waals surface area (Å²) in [5.74, 6) is -0.935. The zero-order valence-electron chi connectivity index (χ0n) is 9.61. The summed E-state index contributed by atoms with van der Waals surface area (Å²) in [6.45, 7) is 2.10. The average molecular weight is 228 g/mol. The lowest BCUT2D eigenvalue weighted by Crippen LogP contribution is -2.49. The van der Waals surface area contributed by atoms with E-state index in [1.54, 1.807) is 0 Å². The Labute approximate surface area is 95.4 Å². The van der Waals surface area contributed by atoms with Crippen molar-refractivity contribution in [2.75, 3.05) is 0 Å². The molecule has 1 fully saturated rings. The molecule has 0 aromatic rings. The second-order valence-corrected chi connectivity index (χ2v) is 4.58. The van der Waals surface area contributed by atoms with Crippen LogP contribution in [-0.2, 0) is 9.59 Å². The molecule has 0 bridgehead atoms. The standard InChI is InChI=1S/C11H20N2O3/c1-7-4-2-3-5-9(7)13-11(16)8(12)6-10(14)15/h7-9H,2-6,12H2,1H3,(H,13,16)(H,14,15). The lowest BCUT2D eigenvalue weighted by atomic mass is 9.86. The van der Waals surface area contributed by atoms with Crippen LogP contribution < -0.4 is 11.1 Å². The monoisotopic (exact) mass is 228 g/mol. The van der Waals surface area contributed by atoms with Crippen LogP contribution in [0.3, 0.4) is 0 Å². The summed E-state index contributed by atoms with van der Waals surface area (Å²) in [7, 11) is 0. The van der Waals surface area contributed by atoms with E-state index in [1.165, 1.54) is 6.42 Å². The van der Waals surface area contributed by atoms with Crippen molar-refractivity contribution in [1.29, 1.82) is 0 Å². The van der Waals surface area contributed by atoms with Crippen LogP contribution >= 0.6 is 0 Å². The molecule has 4 N–H and O–H groups in total. The third-order valence-corrected chi connectivity index (χ3v) is 3.17. The molecular weight excluding hydrogens is 208 g/mol. The Morgan fingerprint density at radius 1 is 1.44 bits per heavy atom. The van der Waals surface area contributed by atoms with Gasteiger partial charge in [-0.05, 0) is 18.8 Å². The van der Waals surface area contributed by atoms with Gasteiger partial charge >= 0.3 is 5.97 Å². The van der Waals surface area contributed by atoms with E-state index in [0.29, 0.717) is 5.92 Å². The molecule has 3 unspecified atom stereocenters. The van der Waals surface area contributed by atoms with E-state index >= 15 is 0 Å². The van der Waals surface area contributed by atoms with Gasteiger partial charge in [0.15, 0.2) is 0 Å². The fourth-order valence-corrected chi connectivity index (χ4v) is 2.10. The van der Waals surface area contributed by atoms with E-state index in [9.17, 15) is 9.59 Å². The molecule has 1 saturated carbocycles. The second kappa shape index (κ2) is 5.84. The number of carboxylic acid groups (broad SMARTS) is 1. The van der Waals surface area contributed by atoms with E-state index in [0.717, 1.165) is 19.3 Å². The van der Waals surface area contributed by atoms with Crippen molar-refractivity contribution in [1.82, 2.24) is 5.32 Å². The molecule has 0 aromatic heterocycles. The van der Waals surface area contributed by atoms with Gasteiger partial charge in [-0.25, -0.2) is 0 Å². The fraction of sp³-hybridized carbons (Fsp3) is 0.818. The Hall–Kier alpha value is -1.10. The summed E-state index contributed by atoms with van der Waals surface area (Å²) in [4.78, 5) is 22.0. The van der Waals surface area contributed by atoms with Gasteiger partial charge in [-0.1, -0.05) is 19.8 Å². The summed E-state index contributed by atoms with van der Waals surface area (Å²) >= 11 is 0. The minimum Gasteiger partial charge on any atom is -0.481 e. The summed E-state index contributed by atoms with van der Waals surface area (Å²) in [5.41, 5.74) is 5.49. The number of carboxylic acids is 1. The molecule has 0 radical (unpaired) electrons. The number of carbonyl (C=O) groups excluding carboxylic acids is 1. The highest BCUT2D eigenvalue weighted by Gasteiger charge is 2.25. The van der Waals surface area contributed by atoms with Crippen LogP contribution in [-0.4, -0.2) is 29.1 Å². The smallest absolute Gasteiger partial charge is 0.305 e. The van der Waals surface area contributed by atoms with E-state index in [1.807, 2.05) is 0 Å². The van der Waals surface area contributed by atoms with Gasteiger partial charge in [0.05, 0.1) is 12.5 Å². The minimum absolute atomic E-state index is 0.154. The van der Waals surface area contributed by atoms with E-state index < -0.39 is 12.0 Å². The summed E-state index contributed by atoms with van der Waals surface area (Å²) in [5, 5.41) is 11.4. The van der Waals surface area contributed by atoms with Crippen LogP contribution in [0.2, 0.25) is 0 Å². The zero-order valence-corrected chi connectivity index (χ0v) is 9.61. The van der Waals surface area contributed by atoms with Crippen molar-refractivity contribution in [3.63, 3.8) is 0 Å². The number of amides is 1. The largest absolute Gasteiger partial charge is 0.481 e. The number of nitrogens with two attached hydrogens (primary N) is 1. The number of hydrogen-bond acceptors (Lipinski definition) is 3. The van der Waals surface area contributed by atoms with Crippen molar-refractivity contribution in [3.05, 3.63) is 0 Å². The highest BCUT2D eigenvalue weighted by molar-refractivity contribution is 5.86. The Morgan fingerprint density at radius 2 is 2.06 bits per heavy atom. The molecule has 1 amide bonds. The normalized spacial score (nSPS) is 27.1. The Balaban J connectivity index is 2.40. The highest BCUT2D eigenvalue weighted by atomic mass is 16.4. The Morgan fingerprint density at radius 3 is 2.62 bits per heavy atom. The van der Waals surface area contributed by atoms with Crippen LogP contribution in [0, 0.1) is 5.92 Å². The maximum absolute atomic E-state index is 11.6. The molecule has 0 spiro atoms. The summed E-state index contributed by atoms with van der Waals surface area (Å²) in [6, 6.07) is -0.785. The first-order chi connectivity index (χ1) is 7.50. The number of nitrogens with one attached hydrogen (secondary N) is 1. The van der Waals surface area contributed by atoms with Crippen molar-refractivity contribution in [3.8, 4) is 0 Å². The molecule has 1 aliphatic carbocycles. The zero-order chi connectivity index (χ0) is 12.1. The van der Waals surface area contributed by atoms with Crippen molar-refractivity contribution < 1.29 is 14.7 Å². The summed E-state index contributed by atoms with van der Waals surface area (Å²) < 4.78 is 0. The number of carbonyl (C=O) groups is 2. The lowest BCUT2D eigenvalue weighted by Gasteiger charge is -2.30. The van der Waals surface area contributed by atoms with E-state index in [2.05, 4.69) is 12.2 Å². The number of hydrogen-bond donors (Lipinski definition) is 3.